The second-order valence-electron chi connectivity index (χ2n) is 8.29. The Balaban J connectivity index is 2.35. The Morgan fingerprint density at radius 1 is 1.21 bits per heavy atom. The van der Waals surface area contributed by atoms with Crippen LogP contribution in [0.4, 0.5) is 0 Å². The first kappa shape index (κ1) is 26.4. The standard InChI is InChI=1S/C23H34N5O5/c1-2-3-11-18-21(31)26-19(13-16-8-5-4-6-9-16)23(33)28(15-20(24)30)12-7-10-17(29)14-25-27-22(18)32/h4-6,8-9,18-19,21,25-26H,2-3,7,10-15H2,1H3,(H2,24,30)(H,27,32)/q-1/t18?,19-,21?/m0/s1. The number of Topliss-reactive ketones (excluding diaryl/α,β-unsaturated/α-hetero) is 1. The van der Waals surface area contributed by atoms with Crippen molar-refractivity contribution in [1.82, 2.24) is 21.1 Å². The minimum absolute atomic E-state index is 0.0937. The zero-order chi connectivity index (χ0) is 24.2. The molecule has 1 aromatic carbocycles. The molecule has 1 aliphatic heterocycles. The molecule has 0 spiro atoms. The van der Waals surface area contributed by atoms with E-state index in [4.69, 9.17) is 5.73 Å². The fraction of sp³-hybridized carbons (Fsp3) is 0.565. The highest BCUT2D eigenvalue weighted by atomic mass is 16.3. The lowest BCUT2D eigenvalue weighted by atomic mass is 9.97. The number of benzene rings is 1. The summed E-state index contributed by atoms with van der Waals surface area (Å²) >= 11 is 0. The van der Waals surface area contributed by atoms with Gasteiger partial charge in [0.1, 0.15) is 5.78 Å². The number of rotatable bonds is 7. The summed E-state index contributed by atoms with van der Waals surface area (Å²) in [6.07, 6.45) is 0.898. The molecule has 3 amide bonds. The maximum absolute atomic E-state index is 13.4. The van der Waals surface area contributed by atoms with Crippen LogP contribution in [-0.4, -0.2) is 60.3 Å². The Bertz CT molecular complexity index is 804. The molecule has 0 saturated carbocycles. The normalized spacial score (nSPS) is 23.6. The molecule has 33 heavy (non-hydrogen) atoms. The minimum atomic E-state index is -1.56. The molecule has 5 N–H and O–H groups in total. The first-order valence-electron chi connectivity index (χ1n) is 11.4. The van der Waals surface area contributed by atoms with Crippen LogP contribution < -0.4 is 27.0 Å². The number of hydrazine groups is 1. The molecule has 1 aromatic rings. The molecule has 10 nitrogen and oxygen atoms in total. The molecule has 0 radical (unpaired) electrons. The maximum atomic E-state index is 13.4. The fourth-order valence-corrected chi connectivity index (χ4v) is 3.78. The summed E-state index contributed by atoms with van der Waals surface area (Å²) in [7, 11) is 0. The highest BCUT2D eigenvalue weighted by Gasteiger charge is 2.29. The fourth-order valence-electron chi connectivity index (χ4n) is 3.78. The number of ketones is 1. The van der Waals surface area contributed by atoms with Crippen molar-refractivity contribution >= 4 is 23.5 Å². The minimum Gasteiger partial charge on any atom is -0.840 e. The van der Waals surface area contributed by atoms with E-state index in [1.807, 2.05) is 37.3 Å². The van der Waals surface area contributed by atoms with Gasteiger partial charge in [0.15, 0.2) is 0 Å². The first-order valence-corrected chi connectivity index (χ1v) is 11.4. The molecule has 3 atom stereocenters. The van der Waals surface area contributed by atoms with Gasteiger partial charge in [-0.3, -0.25) is 24.6 Å². The number of hydrogen-bond donors (Lipinski definition) is 4. The molecule has 1 aliphatic rings. The lowest BCUT2D eigenvalue weighted by Gasteiger charge is -2.37. The molecule has 0 aliphatic carbocycles. The van der Waals surface area contributed by atoms with Crippen molar-refractivity contribution in [3.63, 3.8) is 0 Å². The average molecular weight is 461 g/mol. The number of amides is 3. The number of nitrogens with zero attached hydrogens (tertiary/aromatic N) is 1. The van der Waals surface area contributed by atoms with E-state index < -0.39 is 35.9 Å². The van der Waals surface area contributed by atoms with E-state index in [-0.39, 0.29) is 38.3 Å². The van der Waals surface area contributed by atoms with Crippen molar-refractivity contribution in [2.45, 2.75) is 57.7 Å². The Kier molecular flexibility index (Phi) is 10.9. The number of hydrogen-bond acceptors (Lipinski definition) is 7. The lowest BCUT2D eigenvalue weighted by molar-refractivity contribution is -0.440. The summed E-state index contributed by atoms with van der Waals surface area (Å²) in [5.74, 6) is -2.79. The summed E-state index contributed by atoms with van der Waals surface area (Å²) in [4.78, 5) is 51.1. The van der Waals surface area contributed by atoms with Crippen molar-refractivity contribution < 1.29 is 24.3 Å². The molecule has 0 bridgehead atoms. The molecule has 1 fully saturated rings. The second-order valence-corrected chi connectivity index (χ2v) is 8.29. The number of primary amides is 1. The van der Waals surface area contributed by atoms with Crippen molar-refractivity contribution in [1.29, 1.82) is 0 Å². The van der Waals surface area contributed by atoms with Gasteiger partial charge in [-0.2, -0.15) is 0 Å². The number of carbonyl (C=O) groups is 4. The Morgan fingerprint density at radius 3 is 2.61 bits per heavy atom. The number of nitrogens with two attached hydrogens (primary N) is 1. The van der Waals surface area contributed by atoms with E-state index >= 15 is 0 Å². The van der Waals surface area contributed by atoms with Gasteiger partial charge in [0.2, 0.25) is 17.7 Å². The van der Waals surface area contributed by atoms with E-state index in [1.165, 1.54) is 4.90 Å². The molecule has 182 valence electrons. The van der Waals surface area contributed by atoms with Gasteiger partial charge in [0.05, 0.1) is 19.1 Å². The van der Waals surface area contributed by atoms with Gasteiger partial charge < -0.3 is 21.1 Å². The van der Waals surface area contributed by atoms with E-state index in [1.54, 1.807) is 0 Å². The molecular formula is C23H34N5O5-. The van der Waals surface area contributed by atoms with E-state index in [0.717, 1.165) is 12.0 Å². The third-order valence-electron chi connectivity index (χ3n) is 5.56. The van der Waals surface area contributed by atoms with Crippen LogP contribution in [0.1, 0.15) is 44.6 Å². The van der Waals surface area contributed by atoms with E-state index in [0.29, 0.717) is 19.3 Å². The summed E-state index contributed by atoms with van der Waals surface area (Å²) in [6.45, 7) is 1.69. The van der Waals surface area contributed by atoms with Crippen molar-refractivity contribution in [3.8, 4) is 0 Å². The van der Waals surface area contributed by atoms with Gasteiger partial charge in [-0.25, -0.2) is 5.43 Å². The SMILES string of the molecule is CCCCC1C(=O)NNCC(=O)CCCN(CC(N)=O)C(=O)[C@H](Cc2ccccc2)NC1[O-]. The van der Waals surface area contributed by atoms with Crippen molar-refractivity contribution in [2.75, 3.05) is 19.6 Å². The van der Waals surface area contributed by atoms with Gasteiger partial charge in [0.25, 0.3) is 0 Å². The first-order chi connectivity index (χ1) is 15.8. The van der Waals surface area contributed by atoms with Crippen LogP contribution >= 0.6 is 0 Å². The monoisotopic (exact) mass is 460 g/mol. The van der Waals surface area contributed by atoms with Crippen LogP contribution in [0.3, 0.4) is 0 Å². The lowest BCUT2D eigenvalue weighted by Crippen LogP contribution is -2.61. The number of carbonyl (C=O) groups excluding carboxylic acids is 4. The highest BCUT2D eigenvalue weighted by molar-refractivity contribution is 5.87. The van der Waals surface area contributed by atoms with Crippen LogP contribution in [0.15, 0.2) is 30.3 Å². The predicted octanol–water partition coefficient (Wildman–Crippen LogP) is -1.02. The zero-order valence-electron chi connectivity index (χ0n) is 19.0. The summed E-state index contributed by atoms with van der Waals surface area (Å²) in [5.41, 5.74) is 11.2. The zero-order valence-corrected chi connectivity index (χ0v) is 19.0. The van der Waals surface area contributed by atoms with E-state index in [2.05, 4.69) is 16.2 Å². The van der Waals surface area contributed by atoms with Crippen LogP contribution in [0.2, 0.25) is 0 Å². The quantitative estimate of drug-likeness (QED) is 0.405. The molecule has 2 unspecified atom stereocenters. The van der Waals surface area contributed by atoms with Crippen LogP contribution in [0, 0.1) is 5.92 Å². The topological polar surface area (TPSA) is 157 Å². The molecule has 1 heterocycles. The molecule has 2 rings (SSSR count). The highest BCUT2D eigenvalue weighted by Crippen LogP contribution is 2.14. The van der Waals surface area contributed by atoms with Gasteiger partial charge in [0, 0.05) is 18.9 Å². The van der Waals surface area contributed by atoms with Gasteiger partial charge in [-0.15, -0.1) is 0 Å². The van der Waals surface area contributed by atoms with Crippen LogP contribution in [0.5, 0.6) is 0 Å². The third kappa shape index (κ3) is 8.91. The molecule has 1 saturated heterocycles. The average Bonchev–Trinajstić information content (AvgIpc) is 2.77. The summed E-state index contributed by atoms with van der Waals surface area (Å²) < 4.78 is 0. The molecular weight excluding hydrogens is 426 g/mol. The van der Waals surface area contributed by atoms with Crippen molar-refractivity contribution in [3.05, 3.63) is 35.9 Å². The smallest absolute Gasteiger partial charge is 0.240 e. The van der Waals surface area contributed by atoms with Gasteiger partial charge in [-0.05, 0) is 24.8 Å². The predicted molar refractivity (Wildman–Crippen MR) is 120 cm³/mol. The van der Waals surface area contributed by atoms with E-state index in [9.17, 15) is 24.3 Å². The van der Waals surface area contributed by atoms with Gasteiger partial charge >= 0.3 is 0 Å². The Hall–Kier alpha value is -2.82. The van der Waals surface area contributed by atoms with Crippen LogP contribution in [-0.2, 0) is 25.6 Å². The Morgan fingerprint density at radius 2 is 1.94 bits per heavy atom. The third-order valence-corrected chi connectivity index (χ3v) is 5.56. The Labute approximate surface area is 194 Å². The van der Waals surface area contributed by atoms with Crippen LogP contribution in [0.25, 0.3) is 0 Å². The largest absolute Gasteiger partial charge is 0.840 e. The maximum Gasteiger partial charge on any atom is 0.240 e. The summed E-state index contributed by atoms with van der Waals surface area (Å²) in [5, 5.41) is 16.0. The van der Waals surface area contributed by atoms with Gasteiger partial charge in [-0.1, -0.05) is 56.3 Å². The second kappa shape index (κ2) is 13.7. The van der Waals surface area contributed by atoms with Crippen molar-refractivity contribution in [2.24, 2.45) is 11.7 Å². The summed E-state index contributed by atoms with van der Waals surface area (Å²) in [6, 6.07) is 8.21. The molecule has 0 aromatic heterocycles. The molecule has 10 heteroatoms. The number of unbranched alkanes of at least 4 members (excludes halogenated alkanes) is 1. The number of nitrogens with one attached hydrogen (secondary N) is 3.